The molecule has 1 saturated heterocycles. The van der Waals surface area contributed by atoms with Crippen LogP contribution in [0.3, 0.4) is 0 Å². The summed E-state index contributed by atoms with van der Waals surface area (Å²) in [5.74, 6) is -0.900. The first-order valence-electron chi connectivity index (χ1n) is 22.4. The van der Waals surface area contributed by atoms with Crippen molar-refractivity contribution >= 4 is 5.78 Å². The number of hydrogen-bond acceptors (Lipinski definition) is 12. The van der Waals surface area contributed by atoms with Crippen molar-refractivity contribution < 1.29 is 45.3 Å². The van der Waals surface area contributed by atoms with Gasteiger partial charge in [-0.15, -0.1) is 0 Å². The van der Waals surface area contributed by atoms with Crippen molar-refractivity contribution in [3.05, 3.63) is 35.2 Å². The number of rotatable bonds is 13. The van der Waals surface area contributed by atoms with Crippen LogP contribution < -0.4 is 16.4 Å². The van der Waals surface area contributed by atoms with Crippen molar-refractivity contribution in [2.24, 2.45) is 52.1 Å². The maximum absolute atomic E-state index is 15.1. The summed E-state index contributed by atoms with van der Waals surface area (Å²) in [6.07, 6.45) is 10.3. The number of nitrogens with two attached hydrogens (primary N) is 1. The van der Waals surface area contributed by atoms with Gasteiger partial charge in [-0.1, -0.05) is 39.2 Å². The predicted octanol–water partition coefficient (Wildman–Crippen LogP) is 3.06. The summed E-state index contributed by atoms with van der Waals surface area (Å²) in [6.45, 7) is 7.48. The molecule has 1 unspecified atom stereocenters. The second kappa shape index (κ2) is 16.5. The van der Waals surface area contributed by atoms with E-state index in [2.05, 4.69) is 24.5 Å². The Kier molecular flexibility index (Phi) is 12.5. The largest absolute Gasteiger partial charge is 0.396 e. The number of aliphatic hydroxyl groups is 7. The van der Waals surface area contributed by atoms with Gasteiger partial charge < -0.3 is 56.8 Å². The molecular formula is C45H73N3O9. The zero-order valence-corrected chi connectivity index (χ0v) is 34.8. The highest BCUT2D eigenvalue weighted by Crippen LogP contribution is 2.71. The Bertz CT molecular complexity index is 1570. The van der Waals surface area contributed by atoms with E-state index in [1.165, 1.54) is 12.8 Å². The molecule has 12 heteroatoms. The summed E-state index contributed by atoms with van der Waals surface area (Å²) in [7, 11) is 0. The summed E-state index contributed by atoms with van der Waals surface area (Å²) in [4.78, 5) is 15.1. The lowest BCUT2D eigenvalue weighted by Gasteiger charge is -2.63. The Morgan fingerprint density at radius 3 is 2.51 bits per heavy atom. The molecule has 7 rings (SSSR count). The lowest BCUT2D eigenvalue weighted by molar-refractivity contribution is -0.207. The van der Waals surface area contributed by atoms with Gasteiger partial charge in [-0.05, 0) is 143 Å². The molecule has 0 spiro atoms. The predicted molar refractivity (Wildman–Crippen MR) is 216 cm³/mol. The quantitative estimate of drug-likeness (QED) is 0.130. The molecule has 0 aromatic heterocycles. The van der Waals surface area contributed by atoms with Crippen LogP contribution in [0, 0.1) is 46.3 Å². The maximum atomic E-state index is 15.1. The summed E-state index contributed by atoms with van der Waals surface area (Å²) >= 11 is 0. The van der Waals surface area contributed by atoms with E-state index >= 15 is 4.79 Å². The number of ketones is 1. The minimum Gasteiger partial charge on any atom is -0.396 e. The number of Topliss-reactive ketones (excluding diaryl/α,β-unsaturated/α-hetero) is 1. The molecule has 7 aliphatic rings. The Morgan fingerprint density at radius 2 is 1.82 bits per heavy atom. The van der Waals surface area contributed by atoms with E-state index in [1.807, 2.05) is 18.4 Å². The van der Waals surface area contributed by atoms with Gasteiger partial charge >= 0.3 is 0 Å². The number of carbonyl (C=O) groups excluding carboxylic acids is 1. The van der Waals surface area contributed by atoms with Crippen LogP contribution in [0.1, 0.15) is 124 Å². The van der Waals surface area contributed by atoms with Crippen LogP contribution in [0.25, 0.3) is 0 Å². The minimum absolute atomic E-state index is 0.0292. The number of ether oxygens (including phenoxy) is 1. The fourth-order valence-electron chi connectivity index (χ4n) is 13.9. The molecule has 17 atom stereocenters. The monoisotopic (exact) mass is 800 g/mol. The molecule has 2 heterocycles. The molecule has 57 heavy (non-hydrogen) atoms. The van der Waals surface area contributed by atoms with Gasteiger partial charge in [-0.2, -0.15) is 0 Å². The normalized spacial score (nSPS) is 45.1. The van der Waals surface area contributed by atoms with Crippen LogP contribution in [0.4, 0.5) is 0 Å². The Hall–Kier alpha value is -1.87. The van der Waals surface area contributed by atoms with Gasteiger partial charge in [0, 0.05) is 30.7 Å². The van der Waals surface area contributed by atoms with Crippen LogP contribution in [0.2, 0.25) is 0 Å². The summed E-state index contributed by atoms with van der Waals surface area (Å²) in [6, 6.07) is 0. The van der Waals surface area contributed by atoms with Crippen molar-refractivity contribution in [2.75, 3.05) is 13.2 Å². The van der Waals surface area contributed by atoms with Gasteiger partial charge in [0.1, 0.15) is 6.10 Å². The van der Waals surface area contributed by atoms with Crippen molar-refractivity contribution in [1.82, 2.24) is 10.6 Å². The van der Waals surface area contributed by atoms with Gasteiger partial charge in [0.25, 0.3) is 0 Å². The first-order valence-corrected chi connectivity index (χ1v) is 22.4. The highest BCUT2D eigenvalue weighted by atomic mass is 16.5. The lowest BCUT2D eigenvalue weighted by Crippen LogP contribution is -2.66. The van der Waals surface area contributed by atoms with Crippen LogP contribution in [0.15, 0.2) is 35.2 Å². The number of fused-ring (bicyclic) bond motifs is 6. The van der Waals surface area contributed by atoms with E-state index < -0.39 is 64.4 Å². The second-order valence-electron chi connectivity index (χ2n) is 19.8. The Labute approximate surface area is 339 Å². The van der Waals surface area contributed by atoms with E-state index in [-0.39, 0.29) is 74.4 Å². The molecule has 322 valence electrons. The number of dihydropyridines is 1. The van der Waals surface area contributed by atoms with Crippen LogP contribution in [-0.4, -0.2) is 109 Å². The van der Waals surface area contributed by atoms with Gasteiger partial charge in [0.05, 0.1) is 53.6 Å². The molecule has 5 fully saturated rings. The molecule has 0 aromatic carbocycles. The zero-order chi connectivity index (χ0) is 41.1. The molecule has 11 N–H and O–H groups in total. The summed E-state index contributed by atoms with van der Waals surface area (Å²) in [5, 5.41) is 88.9. The SMILES string of the molecule is CCC[C@H]1CC[C@H]2[C@H](C)[C@H]([C@@H](O)[C@](C)(O)[C@H]3CC[C@@]4(O)C5=C(NC[C@H](C)O)C(=O)[C@@H]6C[C@@H](O)[C@@H](O)C[C@]6(CCC6=CNC(N)C=C6)[C@H]5CC[C@]34CCO)O[C@@H]2CC1. The average molecular weight is 800 g/mol. The van der Waals surface area contributed by atoms with Crippen molar-refractivity contribution in [1.29, 1.82) is 0 Å². The third-order valence-corrected chi connectivity index (χ3v) is 16.8. The molecule has 0 amide bonds. The fourth-order valence-corrected chi connectivity index (χ4v) is 13.9. The number of allylic oxidation sites excluding steroid dienone is 3. The van der Waals surface area contributed by atoms with E-state index in [9.17, 15) is 35.7 Å². The smallest absolute Gasteiger partial charge is 0.182 e. The van der Waals surface area contributed by atoms with Gasteiger partial charge in [-0.3, -0.25) is 4.79 Å². The van der Waals surface area contributed by atoms with E-state index in [1.54, 1.807) is 13.8 Å². The van der Waals surface area contributed by atoms with Crippen molar-refractivity contribution in [3.8, 4) is 0 Å². The molecule has 12 nitrogen and oxygen atoms in total. The molecule has 0 aromatic rings. The fraction of sp³-hybridized carbons (Fsp3) is 0.844. The first-order chi connectivity index (χ1) is 27.0. The van der Waals surface area contributed by atoms with Gasteiger partial charge in [-0.25, -0.2) is 0 Å². The number of aliphatic hydroxyl groups excluding tert-OH is 5. The molecule has 5 aliphatic carbocycles. The van der Waals surface area contributed by atoms with Crippen LogP contribution in [-0.2, 0) is 9.53 Å². The Morgan fingerprint density at radius 1 is 1.07 bits per heavy atom. The number of carbonyl (C=O) groups is 1. The molecule has 0 radical (unpaired) electrons. The summed E-state index contributed by atoms with van der Waals surface area (Å²) < 4.78 is 6.72. The van der Waals surface area contributed by atoms with Crippen LogP contribution >= 0.6 is 0 Å². The first kappa shape index (κ1) is 43.2. The van der Waals surface area contributed by atoms with E-state index in [0.717, 1.165) is 31.3 Å². The highest BCUT2D eigenvalue weighted by molar-refractivity contribution is 6.00. The van der Waals surface area contributed by atoms with Crippen molar-refractivity contribution in [3.63, 3.8) is 0 Å². The maximum Gasteiger partial charge on any atom is 0.182 e. The average Bonchev–Trinajstić information content (AvgIpc) is 3.57. The third-order valence-electron chi connectivity index (χ3n) is 16.8. The molecular weight excluding hydrogens is 727 g/mol. The number of hydrogen-bond donors (Lipinski definition) is 10. The lowest BCUT2D eigenvalue weighted by atomic mass is 9.43. The topological polar surface area (TPSA) is 218 Å². The van der Waals surface area contributed by atoms with E-state index in [4.69, 9.17) is 10.5 Å². The summed E-state index contributed by atoms with van der Waals surface area (Å²) in [5.41, 5.74) is 2.52. The minimum atomic E-state index is -1.70. The molecule has 4 saturated carbocycles. The number of nitrogens with one attached hydrogen (secondary N) is 2. The van der Waals surface area contributed by atoms with E-state index in [0.29, 0.717) is 49.5 Å². The molecule has 2 aliphatic heterocycles. The van der Waals surface area contributed by atoms with Crippen LogP contribution in [0.5, 0.6) is 0 Å². The van der Waals surface area contributed by atoms with Gasteiger partial charge in [0.15, 0.2) is 5.78 Å². The zero-order valence-electron chi connectivity index (χ0n) is 34.8. The van der Waals surface area contributed by atoms with Crippen molar-refractivity contribution in [2.45, 2.75) is 178 Å². The molecule has 0 bridgehead atoms. The van der Waals surface area contributed by atoms with Gasteiger partial charge in [0.2, 0.25) is 0 Å². The standard InChI is InChI=1S/C45H73N3O9/c1-5-6-27-7-10-29-26(3)40(57-34(29)11-8-27)41(54)42(4,55)35-15-18-45(56)37-30(14-17-44(35,45)19-20-49)43(16-13-28-9-12-36(46)47-24-28)22-33(52)32(51)21-31(43)39(53)38(37)48-23-25(2)50/h9,12,24-27,29-36,40-41,47-52,54-56H,5-8,10-11,13-23,46H2,1-4H3/t25-,26-,27-,29-,30-,31-,32+,33-,34+,35+,36?,40+,41+,42+,43+,44-,45+/m0/s1. The highest BCUT2D eigenvalue weighted by Gasteiger charge is 2.73. The third kappa shape index (κ3) is 7.28. The second-order valence-corrected chi connectivity index (χ2v) is 19.8. The Balaban J connectivity index is 1.26.